The molecule has 1 N–H and O–H groups in total. The number of rotatable bonds is 7. The molecule has 0 saturated carbocycles. The molecule has 0 aliphatic carbocycles. The highest BCUT2D eigenvalue weighted by molar-refractivity contribution is 7.09. The number of ether oxygens (including phenoxy) is 1. The van der Waals surface area contributed by atoms with E-state index < -0.39 is 0 Å². The zero-order valence-corrected chi connectivity index (χ0v) is 17.2. The van der Waals surface area contributed by atoms with Gasteiger partial charge in [0.15, 0.2) is 5.76 Å². The lowest BCUT2D eigenvalue weighted by Gasteiger charge is -2.31. The first kappa shape index (κ1) is 19.4. The van der Waals surface area contributed by atoms with Crippen LogP contribution in [0.15, 0.2) is 47.1 Å². The molecule has 4 rings (SSSR count). The Balaban J connectivity index is 1.26. The van der Waals surface area contributed by atoms with Gasteiger partial charge >= 0.3 is 0 Å². The highest BCUT2D eigenvalue weighted by atomic mass is 32.1. The number of carbonyl (C=O) groups excluding carboxylic acids is 1. The summed E-state index contributed by atoms with van der Waals surface area (Å²) < 4.78 is 14.9. The van der Waals surface area contributed by atoms with Crippen molar-refractivity contribution in [3.8, 4) is 5.75 Å². The molecule has 1 amide bonds. The number of aromatic nitrogens is 2. The van der Waals surface area contributed by atoms with Gasteiger partial charge in [-0.2, -0.15) is 4.37 Å². The molecule has 2 aromatic heterocycles. The van der Waals surface area contributed by atoms with Gasteiger partial charge in [-0.15, -0.1) is 0 Å². The zero-order valence-electron chi connectivity index (χ0n) is 16.3. The molecule has 0 radical (unpaired) electrons. The highest BCUT2D eigenvalue weighted by Gasteiger charge is 2.22. The van der Waals surface area contributed by atoms with Gasteiger partial charge in [-0.25, -0.2) is 4.98 Å². The minimum absolute atomic E-state index is 0.149. The molecule has 0 atom stereocenters. The van der Waals surface area contributed by atoms with Crippen LogP contribution in [0.1, 0.15) is 34.8 Å². The number of nitrogens with zero attached hydrogens (tertiary/aromatic N) is 3. The van der Waals surface area contributed by atoms with Crippen molar-refractivity contribution in [1.82, 2.24) is 14.7 Å². The van der Waals surface area contributed by atoms with Crippen molar-refractivity contribution < 1.29 is 13.9 Å². The van der Waals surface area contributed by atoms with Crippen molar-refractivity contribution in [2.24, 2.45) is 5.92 Å². The van der Waals surface area contributed by atoms with E-state index in [1.165, 1.54) is 17.8 Å². The van der Waals surface area contributed by atoms with Gasteiger partial charge < -0.3 is 19.4 Å². The van der Waals surface area contributed by atoms with Crippen LogP contribution in [0.4, 0.5) is 5.13 Å². The predicted molar refractivity (Wildman–Crippen MR) is 112 cm³/mol. The number of hydrogen-bond donors (Lipinski definition) is 1. The number of furan rings is 1. The average Bonchev–Trinajstić information content (AvgIpc) is 3.45. The third-order valence-corrected chi connectivity index (χ3v) is 5.95. The van der Waals surface area contributed by atoms with Gasteiger partial charge in [-0.3, -0.25) is 4.79 Å². The smallest absolute Gasteiger partial charge is 0.286 e. The topological polar surface area (TPSA) is 80.5 Å². The number of amides is 1. The third-order valence-electron chi connectivity index (χ3n) is 5.14. The highest BCUT2D eigenvalue weighted by Crippen LogP contribution is 2.25. The molecular weight excluding hydrogens is 388 g/mol. The van der Waals surface area contributed by atoms with Crippen molar-refractivity contribution in [3.05, 3.63) is 59.8 Å². The van der Waals surface area contributed by atoms with Gasteiger partial charge in [0.05, 0.1) is 13.4 Å². The van der Waals surface area contributed by atoms with Gasteiger partial charge in [-0.1, -0.05) is 12.1 Å². The number of hydrogen-bond acceptors (Lipinski definition) is 7. The van der Waals surface area contributed by atoms with E-state index in [1.54, 1.807) is 19.2 Å². The summed E-state index contributed by atoms with van der Waals surface area (Å²) in [6.45, 7) is 2.52. The fourth-order valence-electron chi connectivity index (χ4n) is 3.47. The van der Waals surface area contributed by atoms with Crippen LogP contribution < -0.4 is 15.0 Å². The molecule has 1 aliphatic heterocycles. The summed E-state index contributed by atoms with van der Waals surface area (Å²) in [5.41, 5.74) is 1.14. The van der Waals surface area contributed by atoms with Gasteiger partial charge in [0.2, 0.25) is 5.13 Å². The van der Waals surface area contributed by atoms with Crippen LogP contribution in [0.25, 0.3) is 0 Å². The molecule has 29 heavy (non-hydrogen) atoms. The van der Waals surface area contributed by atoms with Gasteiger partial charge in [-0.05, 0) is 48.6 Å². The second-order valence-electron chi connectivity index (χ2n) is 7.14. The number of carbonyl (C=O) groups is 1. The van der Waals surface area contributed by atoms with E-state index in [1.807, 2.05) is 18.2 Å². The Hall–Kier alpha value is -2.87. The molecule has 1 fully saturated rings. The van der Waals surface area contributed by atoms with Crippen LogP contribution >= 0.6 is 11.5 Å². The van der Waals surface area contributed by atoms with Crippen LogP contribution in [0.2, 0.25) is 0 Å². The molecule has 0 bridgehead atoms. The van der Waals surface area contributed by atoms with Crippen molar-refractivity contribution in [3.63, 3.8) is 0 Å². The Labute approximate surface area is 173 Å². The minimum Gasteiger partial charge on any atom is -0.497 e. The molecule has 1 aromatic carbocycles. The lowest BCUT2D eigenvalue weighted by atomic mass is 9.97. The number of anilines is 1. The van der Waals surface area contributed by atoms with E-state index in [0.717, 1.165) is 48.2 Å². The number of nitrogens with one attached hydrogen (secondary N) is 1. The molecular formula is C21H24N4O3S. The molecule has 1 aliphatic rings. The maximum Gasteiger partial charge on any atom is 0.286 e. The maximum atomic E-state index is 12.0. The molecule has 7 nitrogen and oxygen atoms in total. The minimum atomic E-state index is -0.149. The SMILES string of the molecule is COc1cccc(Cc2nsc(N3CCC(CNC(=O)c4ccco4)CC3)n2)c1. The zero-order chi connectivity index (χ0) is 20.1. The monoisotopic (exact) mass is 412 g/mol. The molecule has 8 heteroatoms. The largest absolute Gasteiger partial charge is 0.497 e. The Bertz CT molecular complexity index is 933. The summed E-state index contributed by atoms with van der Waals surface area (Å²) in [7, 11) is 1.67. The van der Waals surface area contributed by atoms with Crippen molar-refractivity contribution in [2.45, 2.75) is 19.3 Å². The summed E-state index contributed by atoms with van der Waals surface area (Å²) >= 11 is 1.45. The van der Waals surface area contributed by atoms with Crippen LogP contribution in [-0.2, 0) is 6.42 Å². The molecule has 0 unspecified atom stereocenters. The Morgan fingerprint density at radius 3 is 2.93 bits per heavy atom. The lowest BCUT2D eigenvalue weighted by molar-refractivity contribution is 0.0917. The summed E-state index contributed by atoms with van der Waals surface area (Å²) in [6, 6.07) is 11.4. The predicted octanol–water partition coefficient (Wildman–Crippen LogP) is 3.38. The van der Waals surface area contributed by atoms with E-state index in [4.69, 9.17) is 14.1 Å². The Morgan fingerprint density at radius 2 is 2.17 bits per heavy atom. The van der Waals surface area contributed by atoms with E-state index >= 15 is 0 Å². The number of methoxy groups -OCH3 is 1. The first-order valence-corrected chi connectivity index (χ1v) is 10.5. The molecule has 152 valence electrons. The van der Waals surface area contributed by atoms with Crippen molar-refractivity contribution >= 4 is 22.6 Å². The third kappa shape index (κ3) is 4.95. The van der Waals surface area contributed by atoms with Crippen LogP contribution in [0.3, 0.4) is 0 Å². The number of benzene rings is 1. The normalized spacial score (nSPS) is 14.7. The molecule has 1 saturated heterocycles. The number of piperidine rings is 1. The van der Waals surface area contributed by atoms with Gasteiger partial charge in [0.25, 0.3) is 5.91 Å². The fraction of sp³-hybridized carbons (Fsp3) is 0.381. The summed E-state index contributed by atoms with van der Waals surface area (Å²) in [6.07, 6.45) is 4.24. The molecule has 0 spiro atoms. The van der Waals surface area contributed by atoms with Crippen molar-refractivity contribution in [2.75, 3.05) is 31.6 Å². The van der Waals surface area contributed by atoms with Crippen LogP contribution in [0.5, 0.6) is 5.75 Å². The first-order valence-electron chi connectivity index (χ1n) is 9.73. The van der Waals surface area contributed by atoms with E-state index in [2.05, 4.69) is 20.7 Å². The summed E-state index contributed by atoms with van der Waals surface area (Å²) in [4.78, 5) is 19.0. The van der Waals surface area contributed by atoms with Gasteiger partial charge in [0.1, 0.15) is 11.6 Å². The lowest BCUT2D eigenvalue weighted by Crippen LogP contribution is -2.38. The van der Waals surface area contributed by atoms with Gasteiger partial charge in [0, 0.05) is 37.6 Å². The first-order chi connectivity index (χ1) is 14.2. The standard InChI is InChI=1S/C21H24N4O3S/c1-27-17-5-2-4-16(12-17)13-19-23-21(29-24-19)25-9-7-15(8-10-25)14-22-20(26)18-6-3-11-28-18/h2-6,11-12,15H,7-10,13-14H2,1H3,(H,22,26). The Morgan fingerprint density at radius 1 is 1.31 bits per heavy atom. The van der Waals surface area contributed by atoms with E-state index in [-0.39, 0.29) is 5.91 Å². The van der Waals surface area contributed by atoms with E-state index in [0.29, 0.717) is 24.6 Å². The molecule has 3 heterocycles. The fourth-order valence-corrected chi connectivity index (χ4v) is 4.21. The quantitative estimate of drug-likeness (QED) is 0.641. The summed E-state index contributed by atoms with van der Waals surface area (Å²) in [5.74, 6) is 2.36. The second kappa shape index (κ2) is 9.09. The Kier molecular flexibility index (Phi) is 6.09. The maximum absolute atomic E-state index is 12.0. The van der Waals surface area contributed by atoms with E-state index in [9.17, 15) is 4.79 Å². The van der Waals surface area contributed by atoms with Crippen molar-refractivity contribution in [1.29, 1.82) is 0 Å². The second-order valence-corrected chi connectivity index (χ2v) is 7.87. The molecule has 3 aromatic rings. The average molecular weight is 413 g/mol. The van der Waals surface area contributed by atoms with Crippen LogP contribution in [-0.4, -0.2) is 42.0 Å². The van der Waals surface area contributed by atoms with Crippen LogP contribution in [0, 0.1) is 5.92 Å². The summed E-state index contributed by atoms with van der Waals surface area (Å²) in [5, 5.41) is 3.94.